The van der Waals surface area contributed by atoms with Crippen LogP contribution < -0.4 is 9.94 Å². The zero-order chi connectivity index (χ0) is 21.3. The first kappa shape index (κ1) is 21.1. The number of non-ortho nitro benzene ring substituents is 1. The highest BCUT2D eigenvalue weighted by molar-refractivity contribution is 7.89. The van der Waals surface area contributed by atoms with Crippen molar-refractivity contribution in [2.45, 2.75) is 24.8 Å². The van der Waals surface area contributed by atoms with E-state index in [1.165, 1.54) is 24.3 Å². The molecule has 0 atom stereocenters. The quantitative estimate of drug-likeness (QED) is 0.466. The van der Waals surface area contributed by atoms with Gasteiger partial charge in [0.2, 0.25) is 10.0 Å². The molecule has 1 heterocycles. The molecule has 0 bridgehead atoms. The molecule has 1 amide bonds. The van der Waals surface area contributed by atoms with Crippen molar-refractivity contribution < 1.29 is 18.1 Å². The van der Waals surface area contributed by atoms with Gasteiger partial charge in [0.15, 0.2) is 4.80 Å². The van der Waals surface area contributed by atoms with Gasteiger partial charge < -0.3 is 4.57 Å². The lowest BCUT2D eigenvalue weighted by Gasteiger charge is -2.04. The van der Waals surface area contributed by atoms with Crippen LogP contribution in [-0.2, 0) is 16.6 Å². The van der Waals surface area contributed by atoms with Crippen molar-refractivity contribution >= 4 is 54.8 Å². The van der Waals surface area contributed by atoms with E-state index >= 15 is 0 Å². The maximum absolute atomic E-state index is 12.7. The fraction of sp³-hybridized carbons (Fsp3) is 0.176. The maximum atomic E-state index is 12.7. The number of nitrogens with zero attached hydrogens (tertiary/aromatic N) is 3. The average molecular weight is 455 g/mol. The zero-order valence-corrected chi connectivity index (χ0v) is 17.4. The second-order valence-electron chi connectivity index (χ2n) is 6.05. The number of hydrogen-bond donors (Lipinski definition) is 1. The Labute approximate surface area is 174 Å². The van der Waals surface area contributed by atoms with Gasteiger partial charge in [-0.1, -0.05) is 29.9 Å². The normalized spacial score (nSPS) is 12.4. The Kier molecular flexibility index (Phi) is 5.85. The molecule has 0 spiro atoms. The lowest BCUT2D eigenvalue weighted by molar-refractivity contribution is -0.384. The Balaban J connectivity index is 2.19. The number of thiazole rings is 1. The summed E-state index contributed by atoms with van der Waals surface area (Å²) in [7, 11) is -3.88. The molecule has 12 heteroatoms. The third-order valence-electron chi connectivity index (χ3n) is 4.02. The van der Waals surface area contributed by atoms with Crippen molar-refractivity contribution in [3.63, 3.8) is 0 Å². The van der Waals surface area contributed by atoms with Crippen LogP contribution in [0.4, 0.5) is 5.69 Å². The molecule has 0 aliphatic carbocycles. The number of carbonyl (C=O) groups excluding carboxylic acids is 1. The highest BCUT2D eigenvalue weighted by atomic mass is 35.5. The second kappa shape index (κ2) is 8.03. The predicted molar refractivity (Wildman–Crippen MR) is 109 cm³/mol. The number of nitro benzene ring substituents is 1. The van der Waals surface area contributed by atoms with Gasteiger partial charge >= 0.3 is 0 Å². The number of nitrogens with two attached hydrogens (primary N) is 1. The number of aromatic nitrogens is 1. The first-order chi connectivity index (χ1) is 13.6. The molecule has 2 aromatic carbocycles. The smallest absolute Gasteiger partial charge is 0.281 e. The number of rotatable bonds is 5. The molecule has 152 valence electrons. The third kappa shape index (κ3) is 4.37. The molecular formula is C17H15ClN4O5S2. The van der Waals surface area contributed by atoms with Crippen molar-refractivity contribution in [3.05, 3.63) is 61.9 Å². The summed E-state index contributed by atoms with van der Waals surface area (Å²) in [4.78, 5) is 27.4. The number of fused-ring (bicyclic) bond motifs is 1. The van der Waals surface area contributed by atoms with Gasteiger partial charge in [0.1, 0.15) is 0 Å². The van der Waals surface area contributed by atoms with Gasteiger partial charge in [0.05, 0.1) is 30.6 Å². The summed E-state index contributed by atoms with van der Waals surface area (Å²) in [6.45, 7) is 2.47. The average Bonchev–Trinajstić information content (AvgIpc) is 2.98. The molecular weight excluding hydrogens is 440 g/mol. The van der Waals surface area contributed by atoms with Crippen LogP contribution in [0.5, 0.6) is 0 Å². The largest absolute Gasteiger partial charge is 0.316 e. The predicted octanol–water partition coefficient (Wildman–Crippen LogP) is 3.06. The van der Waals surface area contributed by atoms with Gasteiger partial charge in [0.25, 0.3) is 11.6 Å². The van der Waals surface area contributed by atoms with E-state index in [4.69, 9.17) is 16.7 Å². The van der Waals surface area contributed by atoms with E-state index in [1.807, 2.05) is 6.92 Å². The fourth-order valence-electron chi connectivity index (χ4n) is 2.69. The number of primary sulfonamides is 1. The zero-order valence-electron chi connectivity index (χ0n) is 15.0. The van der Waals surface area contributed by atoms with E-state index < -0.39 is 20.9 Å². The lowest BCUT2D eigenvalue weighted by Crippen LogP contribution is -2.17. The number of benzene rings is 2. The van der Waals surface area contributed by atoms with Crippen LogP contribution in [0, 0.1) is 10.1 Å². The Morgan fingerprint density at radius 1 is 1.31 bits per heavy atom. The van der Waals surface area contributed by atoms with Gasteiger partial charge in [-0.25, -0.2) is 13.6 Å². The highest BCUT2D eigenvalue weighted by Crippen LogP contribution is 2.24. The molecule has 0 fully saturated rings. The molecule has 3 rings (SSSR count). The van der Waals surface area contributed by atoms with Crippen molar-refractivity contribution in [2.75, 3.05) is 0 Å². The minimum atomic E-state index is -3.88. The van der Waals surface area contributed by atoms with Crippen LogP contribution in [0.1, 0.15) is 23.7 Å². The fourth-order valence-corrected chi connectivity index (χ4v) is 4.60. The molecule has 0 aliphatic heterocycles. The number of carbonyl (C=O) groups is 1. The molecule has 29 heavy (non-hydrogen) atoms. The van der Waals surface area contributed by atoms with E-state index in [-0.39, 0.29) is 21.2 Å². The number of amides is 1. The number of halogens is 1. The number of nitro groups is 1. The van der Waals surface area contributed by atoms with E-state index in [2.05, 4.69) is 4.99 Å². The number of sulfonamides is 1. The van der Waals surface area contributed by atoms with Crippen molar-refractivity contribution in [3.8, 4) is 0 Å². The van der Waals surface area contributed by atoms with Gasteiger partial charge in [-0.15, -0.1) is 0 Å². The minimum absolute atomic E-state index is 0.0454. The first-order valence-electron chi connectivity index (χ1n) is 8.31. The number of hydrogen-bond acceptors (Lipinski definition) is 6. The first-order valence-corrected chi connectivity index (χ1v) is 11.0. The van der Waals surface area contributed by atoms with E-state index in [1.54, 1.807) is 10.6 Å². The summed E-state index contributed by atoms with van der Waals surface area (Å²) in [5.41, 5.74) is 0.330. The SMILES string of the molecule is CCCn1c(=NC(=O)c2cc([N+](=O)[O-])ccc2Cl)sc2cc(S(N)(=O)=O)ccc21. The topological polar surface area (TPSA) is 138 Å². The van der Waals surface area contributed by atoms with Crippen molar-refractivity contribution in [2.24, 2.45) is 10.1 Å². The molecule has 0 aliphatic rings. The van der Waals surface area contributed by atoms with E-state index in [0.29, 0.717) is 21.6 Å². The van der Waals surface area contributed by atoms with Gasteiger partial charge in [-0.05, 0) is 30.7 Å². The molecule has 9 nitrogen and oxygen atoms in total. The van der Waals surface area contributed by atoms with Crippen LogP contribution >= 0.6 is 22.9 Å². The van der Waals surface area contributed by atoms with Crippen molar-refractivity contribution in [1.29, 1.82) is 0 Å². The summed E-state index contributed by atoms with van der Waals surface area (Å²) in [5, 5.41) is 16.2. The molecule has 0 radical (unpaired) electrons. The summed E-state index contributed by atoms with van der Waals surface area (Å²) < 4.78 is 25.6. The van der Waals surface area contributed by atoms with Crippen LogP contribution in [0.25, 0.3) is 10.2 Å². The molecule has 1 aromatic heterocycles. The maximum Gasteiger partial charge on any atom is 0.281 e. The van der Waals surface area contributed by atoms with Gasteiger partial charge in [-0.2, -0.15) is 4.99 Å². The molecule has 3 aromatic rings. The summed E-state index contributed by atoms with van der Waals surface area (Å²) >= 11 is 7.14. The van der Waals surface area contributed by atoms with Crippen LogP contribution in [0.15, 0.2) is 46.3 Å². The Hall–Kier alpha value is -2.60. The number of aryl methyl sites for hydroxylation is 1. The second-order valence-corrected chi connectivity index (χ2v) is 9.03. The molecule has 0 unspecified atom stereocenters. The Morgan fingerprint density at radius 2 is 2.03 bits per heavy atom. The Morgan fingerprint density at radius 3 is 2.66 bits per heavy atom. The third-order valence-corrected chi connectivity index (χ3v) is 6.30. The summed E-state index contributed by atoms with van der Waals surface area (Å²) in [5.74, 6) is -0.734. The van der Waals surface area contributed by atoms with Crippen molar-refractivity contribution in [1.82, 2.24) is 4.57 Å². The van der Waals surface area contributed by atoms with Gasteiger partial charge in [0, 0.05) is 18.7 Å². The van der Waals surface area contributed by atoms with Crippen LogP contribution in [-0.4, -0.2) is 23.8 Å². The van der Waals surface area contributed by atoms with Crippen LogP contribution in [0.2, 0.25) is 5.02 Å². The summed E-state index contributed by atoms with van der Waals surface area (Å²) in [6, 6.07) is 7.96. The minimum Gasteiger partial charge on any atom is -0.316 e. The molecule has 2 N–H and O–H groups in total. The lowest BCUT2D eigenvalue weighted by atomic mass is 10.2. The molecule has 0 saturated heterocycles. The van der Waals surface area contributed by atoms with E-state index in [0.717, 1.165) is 23.8 Å². The Bertz CT molecular complexity index is 1310. The monoisotopic (exact) mass is 454 g/mol. The molecule has 0 saturated carbocycles. The van der Waals surface area contributed by atoms with E-state index in [9.17, 15) is 23.3 Å². The standard InChI is InChI=1S/C17H15ClN4O5S2/c1-2-7-21-14-6-4-11(29(19,26)27)9-15(14)28-17(21)20-16(23)12-8-10(22(24)25)3-5-13(12)18/h3-6,8-9H,2,7H2,1H3,(H2,19,26,27). The summed E-state index contributed by atoms with van der Waals surface area (Å²) in [6.07, 6.45) is 0.738. The van der Waals surface area contributed by atoms with Crippen LogP contribution in [0.3, 0.4) is 0 Å². The van der Waals surface area contributed by atoms with Gasteiger partial charge in [-0.3, -0.25) is 14.9 Å². The highest BCUT2D eigenvalue weighted by Gasteiger charge is 2.17.